The molecule has 1 aliphatic heterocycles. The molecule has 0 fully saturated rings. The van der Waals surface area contributed by atoms with Crippen LogP contribution in [-0.2, 0) is 11.3 Å². The summed E-state index contributed by atoms with van der Waals surface area (Å²) in [6.07, 6.45) is 1.23. The number of carbonyl (C=O) groups excluding carboxylic acids is 1. The Balaban J connectivity index is 2.47. The lowest BCUT2D eigenvalue weighted by Gasteiger charge is -2.41. The Morgan fingerprint density at radius 1 is 1.50 bits per heavy atom. The summed E-state index contributed by atoms with van der Waals surface area (Å²) in [6.45, 7) is 7.48. The summed E-state index contributed by atoms with van der Waals surface area (Å²) in [7, 11) is 0. The van der Waals surface area contributed by atoms with Gasteiger partial charge in [-0.15, -0.1) is 0 Å². The molecule has 1 aliphatic rings. The summed E-state index contributed by atoms with van der Waals surface area (Å²) in [5, 5.41) is 0. The molecular formula is C13H18ClN3O3. The Labute approximate surface area is 122 Å². The normalized spacial score (nSPS) is 22.4. The molecule has 0 N–H and O–H groups in total. The zero-order valence-electron chi connectivity index (χ0n) is 12.0. The highest BCUT2D eigenvalue weighted by molar-refractivity contribution is 6.27. The fraction of sp³-hybridized carbons (Fsp3) is 0.615. The topological polar surface area (TPSA) is 64.4 Å². The Bertz CT molecular complexity index is 589. The number of hydrogen-bond donors (Lipinski definition) is 0. The highest BCUT2D eigenvalue weighted by Gasteiger charge is 2.41. The first-order valence-electron chi connectivity index (χ1n) is 6.40. The van der Waals surface area contributed by atoms with Gasteiger partial charge in [-0.05, 0) is 33.8 Å². The number of aromatic nitrogens is 2. The molecule has 6 nitrogen and oxygen atoms in total. The van der Waals surface area contributed by atoms with Gasteiger partial charge in [0, 0.05) is 19.2 Å². The number of halogens is 1. The third kappa shape index (κ3) is 2.80. The predicted molar refractivity (Wildman–Crippen MR) is 76.1 cm³/mol. The monoisotopic (exact) mass is 299 g/mol. The maximum Gasteiger partial charge on any atom is 0.417 e. The van der Waals surface area contributed by atoms with Gasteiger partial charge in [0.15, 0.2) is 0 Å². The number of nitrogens with zero attached hydrogens (tertiary/aromatic N) is 3. The maximum atomic E-state index is 12.4. The van der Waals surface area contributed by atoms with E-state index in [0.29, 0.717) is 18.8 Å². The van der Waals surface area contributed by atoms with Gasteiger partial charge in [0.05, 0.1) is 0 Å². The Kier molecular flexibility index (Phi) is 3.54. The number of alkyl halides is 1. The number of carbonyl (C=O) groups is 1. The average Bonchev–Trinajstić information content (AvgIpc) is 2.24. The number of anilines is 1. The van der Waals surface area contributed by atoms with E-state index >= 15 is 0 Å². The van der Waals surface area contributed by atoms with Crippen LogP contribution in [0.15, 0.2) is 17.1 Å². The average molecular weight is 300 g/mol. The van der Waals surface area contributed by atoms with E-state index in [0.717, 1.165) is 0 Å². The largest absolute Gasteiger partial charge is 0.443 e. The molecule has 1 aromatic heterocycles. The summed E-state index contributed by atoms with van der Waals surface area (Å²) >= 11 is 6.43. The molecule has 0 saturated carbocycles. The van der Waals surface area contributed by atoms with Gasteiger partial charge < -0.3 is 4.74 Å². The Hall–Kier alpha value is -1.56. The number of ether oxygens (including phenoxy) is 1. The van der Waals surface area contributed by atoms with Gasteiger partial charge in [-0.3, -0.25) is 4.57 Å². The van der Waals surface area contributed by atoms with Crippen LogP contribution in [0, 0.1) is 0 Å². The molecule has 0 bridgehead atoms. The van der Waals surface area contributed by atoms with E-state index in [-0.39, 0.29) is 0 Å². The molecule has 0 saturated heterocycles. The van der Waals surface area contributed by atoms with E-state index < -0.39 is 22.4 Å². The molecule has 110 valence electrons. The van der Waals surface area contributed by atoms with Gasteiger partial charge in [0.1, 0.15) is 16.4 Å². The second kappa shape index (κ2) is 4.77. The molecule has 2 rings (SSSR count). The molecule has 1 unspecified atom stereocenters. The molecule has 1 atom stereocenters. The van der Waals surface area contributed by atoms with Crippen molar-refractivity contribution in [1.82, 2.24) is 9.55 Å². The number of amides is 1. The smallest absolute Gasteiger partial charge is 0.417 e. The van der Waals surface area contributed by atoms with Crippen LogP contribution in [0.2, 0.25) is 0 Å². The maximum absolute atomic E-state index is 12.4. The van der Waals surface area contributed by atoms with E-state index in [1.54, 1.807) is 33.8 Å². The van der Waals surface area contributed by atoms with Gasteiger partial charge in [0.25, 0.3) is 0 Å². The van der Waals surface area contributed by atoms with E-state index in [4.69, 9.17) is 16.3 Å². The Morgan fingerprint density at radius 2 is 2.15 bits per heavy atom. The van der Waals surface area contributed by atoms with Gasteiger partial charge in [-0.2, -0.15) is 0 Å². The molecule has 1 amide bonds. The molecule has 0 aliphatic carbocycles. The van der Waals surface area contributed by atoms with Gasteiger partial charge in [-0.1, -0.05) is 11.6 Å². The van der Waals surface area contributed by atoms with Crippen LogP contribution < -0.4 is 10.6 Å². The fourth-order valence-corrected chi connectivity index (χ4v) is 2.33. The predicted octanol–water partition coefficient (Wildman–Crippen LogP) is 2.34. The quantitative estimate of drug-likeness (QED) is 0.545. The van der Waals surface area contributed by atoms with Crippen LogP contribution in [-0.4, -0.2) is 26.2 Å². The fourth-order valence-electron chi connectivity index (χ4n) is 2.09. The molecule has 20 heavy (non-hydrogen) atoms. The first kappa shape index (κ1) is 14.8. The van der Waals surface area contributed by atoms with Crippen LogP contribution in [0.3, 0.4) is 0 Å². The number of fused-ring (bicyclic) bond motifs is 1. The minimum Gasteiger partial charge on any atom is -0.443 e. The van der Waals surface area contributed by atoms with Crippen molar-refractivity contribution in [3.8, 4) is 0 Å². The summed E-state index contributed by atoms with van der Waals surface area (Å²) in [4.78, 5) is 28.2. The number of rotatable bonds is 0. The third-order valence-electron chi connectivity index (χ3n) is 2.98. The van der Waals surface area contributed by atoms with Crippen LogP contribution in [0.5, 0.6) is 0 Å². The van der Waals surface area contributed by atoms with E-state index in [9.17, 15) is 9.59 Å². The summed E-state index contributed by atoms with van der Waals surface area (Å²) in [5.41, 5.74) is -1.04. The third-order valence-corrected chi connectivity index (χ3v) is 3.34. The van der Waals surface area contributed by atoms with Crippen LogP contribution >= 0.6 is 11.6 Å². The van der Waals surface area contributed by atoms with Crippen molar-refractivity contribution in [3.05, 3.63) is 22.7 Å². The van der Waals surface area contributed by atoms with Gasteiger partial charge >= 0.3 is 11.8 Å². The van der Waals surface area contributed by atoms with Crippen molar-refractivity contribution in [3.63, 3.8) is 0 Å². The minimum atomic E-state index is -0.934. The van der Waals surface area contributed by atoms with Crippen molar-refractivity contribution in [2.24, 2.45) is 0 Å². The summed E-state index contributed by atoms with van der Waals surface area (Å²) < 4.78 is 6.80. The van der Waals surface area contributed by atoms with Crippen molar-refractivity contribution in [2.75, 3.05) is 4.90 Å². The molecular weight excluding hydrogens is 282 g/mol. The lowest BCUT2D eigenvalue weighted by Crippen LogP contribution is -2.54. The number of hydrogen-bond acceptors (Lipinski definition) is 4. The lowest BCUT2D eigenvalue weighted by molar-refractivity contribution is 0.0547. The van der Waals surface area contributed by atoms with Gasteiger partial charge in [-0.25, -0.2) is 19.5 Å². The van der Waals surface area contributed by atoms with Crippen molar-refractivity contribution in [1.29, 1.82) is 0 Å². The SMILES string of the molecule is CC(C)(C)OC(=O)N1c2ccnc(=O)n2CCC1(C)Cl. The lowest BCUT2D eigenvalue weighted by atomic mass is 10.1. The first-order chi connectivity index (χ1) is 9.12. The molecule has 0 spiro atoms. The van der Waals surface area contributed by atoms with Crippen molar-refractivity contribution >= 4 is 23.5 Å². The van der Waals surface area contributed by atoms with E-state index in [1.807, 2.05) is 0 Å². The first-order valence-corrected chi connectivity index (χ1v) is 6.78. The van der Waals surface area contributed by atoms with E-state index in [2.05, 4.69) is 4.98 Å². The van der Waals surface area contributed by atoms with Crippen LogP contribution in [0.4, 0.5) is 10.6 Å². The summed E-state index contributed by atoms with van der Waals surface area (Å²) in [6, 6.07) is 1.59. The Morgan fingerprint density at radius 3 is 2.75 bits per heavy atom. The molecule has 7 heteroatoms. The van der Waals surface area contributed by atoms with Crippen LogP contribution in [0.25, 0.3) is 0 Å². The zero-order valence-corrected chi connectivity index (χ0v) is 12.8. The standard InChI is InChI=1S/C13H18ClN3O3/c1-12(2,3)20-11(19)17-9-5-7-15-10(18)16(9)8-6-13(17,4)14/h5,7H,6,8H2,1-4H3. The van der Waals surface area contributed by atoms with Gasteiger partial charge in [0.2, 0.25) is 0 Å². The molecule has 0 radical (unpaired) electrons. The van der Waals surface area contributed by atoms with Crippen LogP contribution in [0.1, 0.15) is 34.1 Å². The van der Waals surface area contributed by atoms with E-state index in [1.165, 1.54) is 15.7 Å². The van der Waals surface area contributed by atoms with Crippen molar-refractivity contribution in [2.45, 2.75) is 51.3 Å². The molecule has 1 aromatic rings. The molecule has 2 heterocycles. The highest BCUT2D eigenvalue weighted by atomic mass is 35.5. The van der Waals surface area contributed by atoms with Crippen molar-refractivity contribution < 1.29 is 9.53 Å². The summed E-state index contributed by atoms with van der Waals surface area (Å²) in [5.74, 6) is 0.406. The minimum absolute atomic E-state index is 0.400. The zero-order chi connectivity index (χ0) is 15.1. The molecule has 0 aromatic carbocycles. The highest BCUT2D eigenvalue weighted by Crippen LogP contribution is 2.35. The second-order valence-electron chi connectivity index (χ2n) is 5.95. The second-order valence-corrected chi connectivity index (χ2v) is 6.76.